The maximum Gasteiger partial charge on any atom is 0.0123 e. The molecule has 3 saturated heterocycles. The first-order valence-corrected chi connectivity index (χ1v) is 8.11. The Morgan fingerprint density at radius 1 is 0.778 bits per heavy atom. The van der Waals surface area contributed by atoms with Crippen molar-refractivity contribution in [2.45, 2.75) is 56.7 Å². The average molecular weight is 249 g/mol. The van der Waals surface area contributed by atoms with Crippen LogP contribution in [0.2, 0.25) is 0 Å². The highest BCUT2D eigenvalue weighted by molar-refractivity contribution is 4.94. The van der Waals surface area contributed by atoms with Gasteiger partial charge in [-0.1, -0.05) is 0 Å². The summed E-state index contributed by atoms with van der Waals surface area (Å²) < 4.78 is 0. The van der Waals surface area contributed by atoms with Gasteiger partial charge in [0.25, 0.3) is 0 Å². The van der Waals surface area contributed by atoms with E-state index in [1.165, 1.54) is 71.2 Å². The van der Waals surface area contributed by atoms with Crippen LogP contribution in [0.4, 0.5) is 0 Å². The van der Waals surface area contributed by atoms with Crippen molar-refractivity contribution in [3.8, 4) is 0 Å². The fourth-order valence-corrected chi connectivity index (χ4v) is 4.34. The molecule has 102 valence electrons. The molecule has 0 aromatic heterocycles. The van der Waals surface area contributed by atoms with Gasteiger partial charge in [0.1, 0.15) is 0 Å². The number of piperidine rings is 2. The molecule has 0 aromatic carbocycles. The van der Waals surface area contributed by atoms with Gasteiger partial charge in [-0.25, -0.2) is 0 Å². The first-order chi connectivity index (χ1) is 8.88. The first-order valence-electron chi connectivity index (χ1n) is 8.11. The van der Waals surface area contributed by atoms with Crippen molar-refractivity contribution >= 4 is 0 Å². The second-order valence-corrected chi connectivity index (χ2v) is 6.95. The molecule has 1 aliphatic carbocycles. The van der Waals surface area contributed by atoms with E-state index in [-0.39, 0.29) is 0 Å². The van der Waals surface area contributed by atoms with Gasteiger partial charge in [0.05, 0.1) is 0 Å². The summed E-state index contributed by atoms with van der Waals surface area (Å²) in [5.41, 5.74) is 0. The lowest BCUT2D eigenvalue weighted by atomic mass is 9.92. The third-order valence-electron chi connectivity index (χ3n) is 5.68. The minimum Gasteiger partial charge on any atom is -0.311 e. The number of likely N-dealkylation sites (tertiary alicyclic amines) is 1. The van der Waals surface area contributed by atoms with Crippen LogP contribution in [0.25, 0.3) is 0 Å². The van der Waals surface area contributed by atoms with Crippen LogP contribution in [0.5, 0.6) is 0 Å². The molecule has 0 radical (unpaired) electrons. The van der Waals surface area contributed by atoms with E-state index in [1.807, 2.05) is 0 Å². The third-order valence-corrected chi connectivity index (χ3v) is 5.68. The zero-order valence-electron chi connectivity index (χ0n) is 11.5. The van der Waals surface area contributed by atoms with E-state index in [2.05, 4.69) is 15.1 Å². The Bertz CT molecular complexity index is 294. The lowest BCUT2D eigenvalue weighted by molar-refractivity contribution is 0.157. The topological polar surface area (TPSA) is 18.5 Å². The van der Waals surface area contributed by atoms with E-state index in [0.717, 1.165) is 24.0 Å². The summed E-state index contributed by atoms with van der Waals surface area (Å²) in [4.78, 5) is 5.38. The predicted molar refractivity (Wildman–Crippen MR) is 73.7 cm³/mol. The summed E-state index contributed by atoms with van der Waals surface area (Å²) >= 11 is 0. The van der Waals surface area contributed by atoms with E-state index in [1.54, 1.807) is 0 Å². The van der Waals surface area contributed by atoms with Gasteiger partial charge in [-0.15, -0.1) is 0 Å². The number of fused-ring (bicyclic) bond motifs is 2. The number of nitrogens with one attached hydrogen (secondary N) is 1. The van der Waals surface area contributed by atoms with Crippen LogP contribution < -0.4 is 5.32 Å². The predicted octanol–water partition coefficient (Wildman–Crippen LogP) is 1.30. The number of nitrogens with zero attached hydrogens (tertiary/aromatic N) is 2. The van der Waals surface area contributed by atoms with Crippen LogP contribution in [0.1, 0.15) is 38.5 Å². The Labute approximate surface area is 111 Å². The van der Waals surface area contributed by atoms with Gasteiger partial charge in [0, 0.05) is 24.7 Å². The van der Waals surface area contributed by atoms with Gasteiger partial charge in [0.15, 0.2) is 0 Å². The minimum absolute atomic E-state index is 0.817. The van der Waals surface area contributed by atoms with Crippen molar-refractivity contribution in [1.82, 2.24) is 15.1 Å². The molecule has 1 N–H and O–H groups in total. The molecule has 4 rings (SSSR count). The molecule has 3 aliphatic heterocycles. The summed E-state index contributed by atoms with van der Waals surface area (Å²) in [6.45, 7) is 6.79. The summed E-state index contributed by atoms with van der Waals surface area (Å²) in [7, 11) is 0. The van der Waals surface area contributed by atoms with Crippen LogP contribution in [0, 0.1) is 5.92 Å². The summed E-state index contributed by atoms with van der Waals surface area (Å²) in [5.74, 6) is 0.959. The maximum atomic E-state index is 4.01. The van der Waals surface area contributed by atoms with Crippen molar-refractivity contribution < 1.29 is 0 Å². The zero-order valence-corrected chi connectivity index (χ0v) is 11.5. The van der Waals surface area contributed by atoms with Crippen LogP contribution in [-0.4, -0.2) is 60.6 Å². The second kappa shape index (κ2) is 4.77. The molecule has 3 heteroatoms. The average Bonchev–Trinajstić information content (AvgIpc) is 3.18. The standard InChI is InChI=1S/C15H27N3/c1-2-14(1)18-9-4-13(5-10-18)16-15-6-8-17-7-3-12(15)11-17/h12-16H,1-11H2. The molecule has 4 aliphatic rings. The van der Waals surface area contributed by atoms with Gasteiger partial charge < -0.3 is 15.1 Å². The molecule has 3 unspecified atom stereocenters. The fourth-order valence-electron chi connectivity index (χ4n) is 4.34. The molecular weight excluding hydrogens is 222 g/mol. The van der Waals surface area contributed by atoms with Crippen molar-refractivity contribution in [1.29, 1.82) is 0 Å². The highest BCUT2D eigenvalue weighted by Crippen LogP contribution is 2.31. The Morgan fingerprint density at radius 2 is 1.56 bits per heavy atom. The molecule has 3 nitrogen and oxygen atoms in total. The third kappa shape index (κ3) is 2.33. The van der Waals surface area contributed by atoms with Crippen LogP contribution in [0.3, 0.4) is 0 Å². The van der Waals surface area contributed by atoms with Crippen molar-refractivity contribution in [2.24, 2.45) is 5.92 Å². The van der Waals surface area contributed by atoms with Gasteiger partial charge in [0.2, 0.25) is 0 Å². The largest absolute Gasteiger partial charge is 0.311 e. The van der Waals surface area contributed by atoms with Crippen LogP contribution in [-0.2, 0) is 0 Å². The number of hydrogen-bond donors (Lipinski definition) is 1. The number of hydrogen-bond acceptors (Lipinski definition) is 3. The smallest absolute Gasteiger partial charge is 0.0123 e. The zero-order chi connectivity index (χ0) is 11.9. The monoisotopic (exact) mass is 249 g/mol. The van der Waals surface area contributed by atoms with Gasteiger partial charge in [-0.05, 0) is 70.6 Å². The van der Waals surface area contributed by atoms with Crippen LogP contribution >= 0.6 is 0 Å². The van der Waals surface area contributed by atoms with Gasteiger partial charge in [-0.2, -0.15) is 0 Å². The number of rotatable bonds is 3. The summed E-state index contributed by atoms with van der Waals surface area (Å²) in [6.07, 6.45) is 8.57. The quantitative estimate of drug-likeness (QED) is 0.813. The molecule has 3 heterocycles. The SMILES string of the molecule is C1CN(C2CC2)CCC1NC1CCN2CCC1C2. The first kappa shape index (κ1) is 11.7. The van der Waals surface area contributed by atoms with Crippen molar-refractivity contribution in [2.75, 3.05) is 32.7 Å². The van der Waals surface area contributed by atoms with Gasteiger partial charge in [-0.3, -0.25) is 0 Å². The normalized spacial score (nSPS) is 42.3. The molecular formula is C15H27N3. The molecule has 0 spiro atoms. The van der Waals surface area contributed by atoms with E-state index >= 15 is 0 Å². The second-order valence-electron chi connectivity index (χ2n) is 6.95. The van der Waals surface area contributed by atoms with Gasteiger partial charge >= 0.3 is 0 Å². The fraction of sp³-hybridized carbons (Fsp3) is 1.00. The Hall–Kier alpha value is -0.120. The lowest BCUT2D eigenvalue weighted by Gasteiger charge is -2.38. The molecule has 0 aromatic rings. The van der Waals surface area contributed by atoms with Crippen molar-refractivity contribution in [3.05, 3.63) is 0 Å². The summed E-state index contributed by atoms with van der Waals surface area (Å²) in [5, 5.41) is 4.01. The lowest BCUT2D eigenvalue weighted by Crippen LogP contribution is -2.51. The molecule has 18 heavy (non-hydrogen) atoms. The molecule has 1 saturated carbocycles. The Kier molecular flexibility index (Phi) is 3.10. The van der Waals surface area contributed by atoms with Crippen molar-refractivity contribution in [3.63, 3.8) is 0 Å². The maximum absolute atomic E-state index is 4.01. The minimum atomic E-state index is 0.817. The highest BCUT2D eigenvalue weighted by atomic mass is 15.2. The van der Waals surface area contributed by atoms with E-state index in [9.17, 15) is 0 Å². The molecule has 0 amide bonds. The highest BCUT2D eigenvalue weighted by Gasteiger charge is 2.36. The Balaban J connectivity index is 1.27. The molecule has 2 bridgehead atoms. The summed E-state index contributed by atoms with van der Waals surface area (Å²) in [6, 6.07) is 2.63. The van der Waals surface area contributed by atoms with E-state index in [0.29, 0.717) is 0 Å². The van der Waals surface area contributed by atoms with E-state index in [4.69, 9.17) is 0 Å². The Morgan fingerprint density at radius 3 is 2.33 bits per heavy atom. The molecule has 3 atom stereocenters. The van der Waals surface area contributed by atoms with E-state index < -0.39 is 0 Å². The van der Waals surface area contributed by atoms with Crippen LogP contribution in [0.15, 0.2) is 0 Å². The molecule has 4 fully saturated rings.